The van der Waals surface area contributed by atoms with Crippen LogP contribution >= 0.6 is 11.6 Å². The molecule has 0 atom stereocenters. The van der Waals surface area contributed by atoms with Crippen molar-refractivity contribution in [3.8, 4) is 0 Å². The quantitative estimate of drug-likeness (QED) is 0.582. The number of halogens is 1. The fraction of sp³-hybridized carbons (Fsp3) is 0.500. The molecule has 0 radical (unpaired) electrons. The Morgan fingerprint density at radius 3 is 2.00 bits per heavy atom. The SMILES string of the molecule is Cc1cc(C)c(C(C)(C)C)cc1Cl. The van der Waals surface area contributed by atoms with Crippen LogP contribution in [0.1, 0.15) is 37.5 Å². The molecule has 1 aromatic carbocycles. The van der Waals surface area contributed by atoms with E-state index in [2.05, 4.69) is 39.8 Å². The first-order valence-electron chi connectivity index (χ1n) is 4.59. The Labute approximate surface area is 85.9 Å². The van der Waals surface area contributed by atoms with Crippen LogP contribution in [0.15, 0.2) is 12.1 Å². The van der Waals surface area contributed by atoms with Crippen molar-refractivity contribution in [2.45, 2.75) is 40.0 Å². The van der Waals surface area contributed by atoms with Crippen LogP contribution in [0.4, 0.5) is 0 Å². The van der Waals surface area contributed by atoms with Gasteiger partial charge in [-0.15, -0.1) is 0 Å². The second kappa shape index (κ2) is 3.34. The van der Waals surface area contributed by atoms with Crippen LogP contribution in [0.5, 0.6) is 0 Å². The number of hydrogen-bond acceptors (Lipinski definition) is 0. The zero-order chi connectivity index (χ0) is 10.2. The van der Waals surface area contributed by atoms with Crippen molar-refractivity contribution in [1.29, 1.82) is 0 Å². The Bertz CT molecular complexity index is 319. The van der Waals surface area contributed by atoms with Gasteiger partial charge in [-0.2, -0.15) is 0 Å². The summed E-state index contributed by atoms with van der Waals surface area (Å²) >= 11 is 6.09. The molecule has 0 aliphatic heterocycles. The smallest absolute Gasteiger partial charge is 0.0438 e. The van der Waals surface area contributed by atoms with E-state index in [0.29, 0.717) is 0 Å². The van der Waals surface area contributed by atoms with E-state index < -0.39 is 0 Å². The minimum absolute atomic E-state index is 0.182. The van der Waals surface area contributed by atoms with Gasteiger partial charge in [0.25, 0.3) is 0 Å². The summed E-state index contributed by atoms with van der Waals surface area (Å²) in [5.41, 5.74) is 4.01. The van der Waals surface area contributed by atoms with Crippen LogP contribution in [0.3, 0.4) is 0 Å². The average molecular weight is 197 g/mol. The molecule has 72 valence electrons. The second-order valence-corrected chi connectivity index (χ2v) is 5.07. The average Bonchev–Trinajstić information content (AvgIpc) is 1.94. The lowest BCUT2D eigenvalue weighted by Crippen LogP contribution is -2.13. The first kappa shape index (κ1) is 10.6. The van der Waals surface area contributed by atoms with Crippen molar-refractivity contribution < 1.29 is 0 Å². The molecule has 0 heterocycles. The maximum Gasteiger partial charge on any atom is 0.0438 e. The van der Waals surface area contributed by atoms with E-state index in [0.717, 1.165) is 10.6 Å². The van der Waals surface area contributed by atoms with Crippen molar-refractivity contribution in [3.05, 3.63) is 33.8 Å². The first-order chi connectivity index (χ1) is 5.82. The molecule has 0 aliphatic carbocycles. The summed E-state index contributed by atoms with van der Waals surface area (Å²) in [5.74, 6) is 0. The van der Waals surface area contributed by atoms with Gasteiger partial charge in [-0.1, -0.05) is 38.4 Å². The molecule has 0 N–H and O–H groups in total. The van der Waals surface area contributed by atoms with Gasteiger partial charge in [0.2, 0.25) is 0 Å². The fourth-order valence-corrected chi connectivity index (χ4v) is 1.80. The Morgan fingerprint density at radius 1 is 1.00 bits per heavy atom. The molecule has 0 amide bonds. The number of hydrogen-bond donors (Lipinski definition) is 0. The standard InChI is InChI=1S/C12H17Cl/c1-8-6-9(2)11(13)7-10(8)12(3,4)5/h6-7H,1-5H3. The Kier molecular flexibility index (Phi) is 2.72. The molecule has 0 nitrogen and oxygen atoms in total. The molecule has 1 aromatic rings. The van der Waals surface area contributed by atoms with Crippen molar-refractivity contribution >= 4 is 11.6 Å². The van der Waals surface area contributed by atoms with Crippen LogP contribution < -0.4 is 0 Å². The molecule has 0 saturated heterocycles. The van der Waals surface area contributed by atoms with Gasteiger partial charge in [0.15, 0.2) is 0 Å². The van der Waals surface area contributed by atoms with E-state index in [1.165, 1.54) is 11.1 Å². The maximum absolute atomic E-state index is 6.09. The lowest BCUT2D eigenvalue weighted by molar-refractivity contribution is 0.586. The molecular formula is C12H17Cl. The molecule has 0 fully saturated rings. The third-order valence-corrected chi connectivity index (χ3v) is 2.72. The molecule has 0 saturated carbocycles. The molecule has 1 heteroatoms. The largest absolute Gasteiger partial charge is 0.0840 e. The minimum Gasteiger partial charge on any atom is -0.0840 e. The van der Waals surface area contributed by atoms with E-state index >= 15 is 0 Å². The Balaban J connectivity index is 3.32. The fourth-order valence-electron chi connectivity index (χ4n) is 1.63. The topological polar surface area (TPSA) is 0 Å². The summed E-state index contributed by atoms with van der Waals surface area (Å²) < 4.78 is 0. The van der Waals surface area contributed by atoms with E-state index in [1.54, 1.807) is 0 Å². The monoisotopic (exact) mass is 196 g/mol. The molecular weight excluding hydrogens is 180 g/mol. The van der Waals surface area contributed by atoms with Gasteiger partial charge in [-0.05, 0) is 42.0 Å². The first-order valence-corrected chi connectivity index (χ1v) is 4.97. The van der Waals surface area contributed by atoms with Gasteiger partial charge >= 0.3 is 0 Å². The summed E-state index contributed by atoms with van der Waals surface area (Å²) in [4.78, 5) is 0. The zero-order valence-corrected chi connectivity index (χ0v) is 9.79. The van der Waals surface area contributed by atoms with Crippen LogP contribution in [0.25, 0.3) is 0 Å². The Hall–Kier alpha value is -0.490. The number of rotatable bonds is 0. The van der Waals surface area contributed by atoms with E-state index in [4.69, 9.17) is 11.6 Å². The lowest BCUT2D eigenvalue weighted by Gasteiger charge is -2.22. The van der Waals surface area contributed by atoms with Crippen LogP contribution in [-0.4, -0.2) is 0 Å². The summed E-state index contributed by atoms with van der Waals surface area (Å²) in [5, 5.41) is 0.871. The number of benzene rings is 1. The third kappa shape index (κ3) is 2.25. The molecule has 1 rings (SSSR count). The zero-order valence-electron chi connectivity index (χ0n) is 9.03. The van der Waals surface area contributed by atoms with Gasteiger partial charge in [-0.25, -0.2) is 0 Å². The third-order valence-electron chi connectivity index (χ3n) is 2.31. The van der Waals surface area contributed by atoms with Gasteiger partial charge in [0, 0.05) is 5.02 Å². The van der Waals surface area contributed by atoms with Crippen LogP contribution in [0.2, 0.25) is 5.02 Å². The highest BCUT2D eigenvalue weighted by Crippen LogP contribution is 2.29. The second-order valence-electron chi connectivity index (χ2n) is 4.67. The highest BCUT2D eigenvalue weighted by atomic mass is 35.5. The molecule has 0 aliphatic rings. The summed E-state index contributed by atoms with van der Waals surface area (Å²) in [6.07, 6.45) is 0. The van der Waals surface area contributed by atoms with E-state index in [1.807, 2.05) is 6.92 Å². The van der Waals surface area contributed by atoms with Gasteiger partial charge in [0.1, 0.15) is 0 Å². The van der Waals surface area contributed by atoms with Crippen molar-refractivity contribution in [2.75, 3.05) is 0 Å². The summed E-state index contributed by atoms with van der Waals surface area (Å²) in [7, 11) is 0. The van der Waals surface area contributed by atoms with Crippen molar-refractivity contribution in [2.24, 2.45) is 0 Å². The highest BCUT2D eigenvalue weighted by molar-refractivity contribution is 6.31. The molecule has 13 heavy (non-hydrogen) atoms. The van der Waals surface area contributed by atoms with E-state index in [-0.39, 0.29) is 5.41 Å². The Morgan fingerprint density at radius 2 is 1.54 bits per heavy atom. The summed E-state index contributed by atoms with van der Waals surface area (Å²) in [6.45, 7) is 10.8. The van der Waals surface area contributed by atoms with Gasteiger partial charge in [-0.3, -0.25) is 0 Å². The number of aryl methyl sites for hydroxylation is 2. The van der Waals surface area contributed by atoms with Crippen molar-refractivity contribution in [3.63, 3.8) is 0 Å². The maximum atomic E-state index is 6.09. The van der Waals surface area contributed by atoms with Crippen LogP contribution in [0, 0.1) is 13.8 Å². The van der Waals surface area contributed by atoms with Gasteiger partial charge < -0.3 is 0 Å². The molecule has 0 spiro atoms. The van der Waals surface area contributed by atoms with Gasteiger partial charge in [0.05, 0.1) is 0 Å². The summed E-state index contributed by atoms with van der Waals surface area (Å²) in [6, 6.07) is 4.25. The normalized spacial score (nSPS) is 11.8. The molecule has 0 aromatic heterocycles. The molecule has 0 bridgehead atoms. The van der Waals surface area contributed by atoms with Crippen molar-refractivity contribution in [1.82, 2.24) is 0 Å². The molecule has 0 unspecified atom stereocenters. The highest BCUT2D eigenvalue weighted by Gasteiger charge is 2.16. The lowest BCUT2D eigenvalue weighted by atomic mass is 9.83. The minimum atomic E-state index is 0.182. The van der Waals surface area contributed by atoms with E-state index in [9.17, 15) is 0 Å². The van der Waals surface area contributed by atoms with Crippen LogP contribution in [-0.2, 0) is 5.41 Å². The predicted molar refractivity (Wildman–Crippen MR) is 59.6 cm³/mol. The predicted octanol–water partition coefficient (Wildman–Crippen LogP) is 4.25.